The van der Waals surface area contributed by atoms with Gasteiger partial charge >= 0.3 is 0 Å². The number of nitrogens with two attached hydrogens (primary N) is 1. The molecule has 1 aromatic carbocycles. The zero-order valence-electron chi connectivity index (χ0n) is 9.27. The van der Waals surface area contributed by atoms with Gasteiger partial charge in [0.15, 0.2) is 6.54 Å². The van der Waals surface area contributed by atoms with Gasteiger partial charge in [-0.25, -0.2) is 0 Å². The van der Waals surface area contributed by atoms with E-state index in [1.807, 2.05) is 24.3 Å². The molecule has 0 aliphatic heterocycles. The molecule has 1 heterocycles. The lowest BCUT2D eigenvalue weighted by Crippen LogP contribution is -2.84. The maximum absolute atomic E-state index is 5.82. The summed E-state index contributed by atoms with van der Waals surface area (Å²) in [5.74, 6) is 1.24. The number of hydrogen-bond acceptors (Lipinski definition) is 3. The molecule has 2 aromatic rings. The molecule has 0 amide bonds. The van der Waals surface area contributed by atoms with Crippen molar-refractivity contribution in [2.45, 2.75) is 25.4 Å². The quantitative estimate of drug-likeness (QED) is 0.897. The smallest absolute Gasteiger partial charge is 0.271 e. The minimum atomic E-state index is 0.556. The second-order valence-electron chi connectivity index (χ2n) is 4.29. The molecule has 1 fully saturated rings. The van der Waals surface area contributed by atoms with Crippen LogP contribution in [0.3, 0.4) is 0 Å². The summed E-state index contributed by atoms with van der Waals surface area (Å²) in [7, 11) is 0. The molecule has 17 heavy (non-hydrogen) atoms. The molecule has 0 bridgehead atoms. The number of rotatable bonds is 4. The van der Waals surface area contributed by atoms with Gasteiger partial charge in [0.25, 0.3) is 5.89 Å². The Labute approximate surface area is 104 Å². The summed E-state index contributed by atoms with van der Waals surface area (Å²) < 4.78 is 5.59. The van der Waals surface area contributed by atoms with Crippen molar-refractivity contribution in [3.63, 3.8) is 0 Å². The molecule has 1 aromatic heterocycles. The van der Waals surface area contributed by atoms with Crippen molar-refractivity contribution in [2.24, 2.45) is 0 Å². The van der Waals surface area contributed by atoms with E-state index >= 15 is 0 Å². The fourth-order valence-electron chi connectivity index (χ4n) is 1.64. The summed E-state index contributed by atoms with van der Waals surface area (Å²) in [5, 5.41) is 11.0. The number of nitrogens with zero attached hydrogens (tertiary/aromatic N) is 2. The highest BCUT2D eigenvalue weighted by Crippen LogP contribution is 2.20. The first-order chi connectivity index (χ1) is 8.31. The van der Waals surface area contributed by atoms with E-state index in [4.69, 9.17) is 16.0 Å². The van der Waals surface area contributed by atoms with Crippen LogP contribution in [-0.2, 0) is 6.54 Å². The molecule has 88 valence electrons. The Balaban J connectivity index is 1.72. The Hall–Kier alpha value is -1.39. The minimum absolute atomic E-state index is 0.556. The topological polar surface area (TPSA) is 55.5 Å². The molecule has 3 rings (SSSR count). The molecular weight excluding hydrogens is 238 g/mol. The molecule has 0 unspecified atom stereocenters. The van der Waals surface area contributed by atoms with E-state index in [9.17, 15) is 0 Å². The third-order valence-electron chi connectivity index (χ3n) is 2.81. The van der Waals surface area contributed by atoms with E-state index in [1.165, 1.54) is 12.8 Å². The van der Waals surface area contributed by atoms with Gasteiger partial charge in [0.05, 0.1) is 6.04 Å². The van der Waals surface area contributed by atoms with Crippen molar-refractivity contribution in [3.05, 3.63) is 35.2 Å². The Morgan fingerprint density at radius 3 is 2.71 bits per heavy atom. The van der Waals surface area contributed by atoms with Crippen LogP contribution in [-0.4, -0.2) is 16.2 Å². The summed E-state index contributed by atoms with van der Waals surface area (Å²) >= 11 is 5.82. The molecule has 0 radical (unpaired) electrons. The third kappa shape index (κ3) is 2.65. The van der Waals surface area contributed by atoms with Gasteiger partial charge in [-0.2, -0.15) is 0 Å². The Morgan fingerprint density at radius 1 is 1.24 bits per heavy atom. The SMILES string of the molecule is Clc1ccc(-c2nnc(C[NH2+]C3CC3)o2)cc1. The van der Waals surface area contributed by atoms with Crippen LogP contribution in [0.15, 0.2) is 28.7 Å². The molecule has 0 atom stereocenters. The largest absolute Gasteiger partial charge is 0.415 e. The molecule has 2 N–H and O–H groups in total. The first-order valence-corrected chi connectivity index (χ1v) is 6.11. The lowest BCUT2D eigenvalue weighted by atomic mass is 10.2. The predicted molar refractivity (Wildman–Crippen MR) is 63.4 cm³/mol. The number of benzene rings is 1. The van der Waals surface area contributed by atoms with E-state index in [0.29, 0.717) is 16.8 Å². The van der Waals surface area contributed by atoms with Gasteiger partial charge in [-0.15, -0.1) is 10.2 Å². The van der Waals surface area contributed by atoms with Gasteiger partial charge in [0.1, 0.15) is 0 Å². The highest BCUT2D eigenvalue weighted by atomic mass is 35.5. The van der Waals surface area contributed by atoms with E-state index in [0.717, 1.165) is 18.2 Å². The van der Waals surface area contributed by atoms with Crippen LogP contribution >= 0.6 is 11.6 Å². The molecule has 4 nitrogen and oxygen atoms in total. The summed E-state index contributed by atoms with van der Waals surface area (Å²) in [6.45, 7) is 0.769. The number of hydrogen-bond donors (Lipinski definition) is 1. The lowest BCUT2D eigenvalue weighted by molar-refractivity contribution is -0.686. The van der Waals surface area contributed by atoms with Crippen molar-refractivity contribution in [1.82, 2.24) is 10.2 Å². The molecule has 1 aliphatic carbocycles. The van der Waals surface area contributed by atoms with Crippen molar-refractivity contribution < 1.29 is 9.73 Å². The summed E-state index contributed by atoms with van der Waals surface area (Å²) in [4.78, 5) is 0. The standard InChI is InChI=1S/C12H12ClN3O/c13-9-3-1-8(2-4-9)12-16-15-11(17-12)7-14-10-5-6-10/h1-4,10,14H,5-7H2/p+1. The molecule has 0 saturated heterocycles. The van der Waals surface area contributed by atoms with Crippen molar-refractivity contribution in [3.8, 4) is 11.5 Å². The molecule has 1 aliphatic rings. The highest BCUT2D eigenvalue weighted by Gasteiger charge is 2.25. The summed E-state index contributed by atoms with van der Waals surface area (Å²) in [5.41, 5.74) is 0.902. The van der Waals surface area contributed by atoms with Crippen LogP contribution in [0.2, 0.25) is 5.02 Å². The van der Waals surface area contributed by atoms with Crippen molar-refractivity contribution >= 4 is 11.6 Å². The van der Waals surface area contributed by atoms with Gasteiger partial charge in [0.2, 0.25) is 5.89 Å². The minimum Gasteiger partial charge on any atom is -0.415 e. The maximum atomic E-state index is 5.82. The predicted octanol–water partition coefficient (Wildman–Crippen LogP) is 1.62. The van der Waals surface area contributed by atoms with Crippen LogP contribution in [0.5, 0.6) is 0 Å². The summed E-state index contributed by atoms with van der Waals surface area (Å²) in [6, 6.07) is 8.16. The van der Waals surface area contributed by atoms with E-state index in [-0.39, 0.29) is 0 Å². The zero-order chi connectivity index (χ0) is 11.7. The zero-order valence-corrected chi connectivity index (χ0v) is 10.0. The fraction of sp³-hybridized carbons (Fsp3) is 0.333. The number of aromatic nitrogens is 2. The Kier molecular flexibility index (Phi) is 2.82. The van der Waals surface area contributed by atoms with E-state index < -0.39 is 0 Å². The average Bonchev–Trinajstić information content (AvgIpc) is 3.06. The van der Waals surface area contributed by atoms with Crippen LogP contribution in [0.4, 0.5) is 0 Å². The summed E-state index contributed by atoms with van der Waals surface area (Å²) in [6.07, 6.45) is 2.61. The number of quaternary nitrogens is 1. The van der Waals surface area contributed by atoms with Crippen LogP contribution in [0.1, 0.15) is 18.7 Å². The van der Waals surface area contributed by atoms with Crippen LogP contribution < -0.4 is 5.32 Å². The first-order valence-electron chi connectivity index (χ1n) is 5.73. The second-order valence-corrected chi connectivity index (χ2v) is 4.72. The van der Waals surface area contributed by atoms with Gasteiger partial charge in [0, 0.05) is 23.4 Å². The maximum Gasteiger partial charge on any atom is 0.271 e. The molecule has 0 spiro atoms. The average molecular weight is 251 g/mol. The van der Waals surface area contributed by atoms with Crippen molar-refractivity contribution in [1.29, 1.82) is 0 Å². The van der Waals surface area contributed by atoms with Gasteiger partial charge in [-0.05, 0) is 24.3 Å². The fourth-order valence-corrected chi connectivity index (χ4v) is 1.77. The van der Waals surface area contributed by atoms with Gasteiger partial charge in [-0.1, -0.05) is 11.6 Å². The molecular formula is C12H13ClN3O+. The number of halogens is 1. The van der Waals surface area contributed by atoms with E-state index in [2.05, 4.69) is 15.5 Å². The molecule has 5 heteroatoms. The van der Waals surface area contributed by atoms with Crippen LogP contribution in [0, 0.1) is 0 Å². The first kappa shape index (κ1) is 10.7. The Bertz CT molecular complexity index is 505. The Morgan fingerprint density at radius 2 is 2.00 bits per heavy atom. The van der Waals surface area contributed by atoms with Crippen LogP contribution in [0.25, 0.3) is 11.5 Å². The normalized spacial score (nSPS) is 15.1. The van der Waals surface area contributed by atoms with Gasteiger partial charge in [-0.3, -0.25) is 0 Å². The third-order valence-corrected chi connectivity index (χ3v) is 3.06. The highest BCUT2D eigenvalue weighted by molar-refractivity contribution is 6.30. The monoisotopic (exact) mass is 250 g/mol. The second kappa shape index (κ2) is 4.47. The molecule has 1 saturated carbocycles. The lowest BCUT2D eigenvalue weighted by Gasteiger charge is -1.95. The van der Waals surface area contributed by atoms with Crippen molar-refractivity contribution in [2.75, 3.05) is 0 Å². The van der Waals surface area contributed by atoms with E-state index in [1.54, 1.807) is 0 Å². The van der Waals surface area contributed by atoms with Gasteiger partial charge < -0.3 is 9.73 Å².